The van der Waals surface area contributed by atoms with E-state index in [0.29, 0.717) is 4.90 Å². The standard InChI is InChI=1S/C14H22N2O2S.ClH/c1-12-4-6-14(7-5-12)19(17,18)16(3)13-8-10-15(2)11-9-13;/h4-7,13H,8-11H2,1-3H3;1H. The first kappa shape index (κ1) is 17.4. The van der Waals surface area contributed by atoms with Gasteiger partial charge < -0.3 is 4.90 Å². The summed E-state index contributed by atoms with van der Waals surface area (Å²) < 4.78 is 26.6. The maximum atomic E-state index is 12.5. The van der Waals surface area contributed by atoms with Gasteiger partial charge in [0.1, 0.15) is 0 Å². The lowest BCUT2D eigenvalue weighted by atomic mass is 10.1. The summed E-state index contributed by atoms with van der Waals surface area (Å²) in [7, 11) is 0.416. The monoisotopic (exact) mass is 318 g/mol. The molecule has 1 aliphatic heterocycles. The van der Waals surface area contributed by atoms with Crippen molar-refractivity contribution in [3.63, 3.8) is 0 Å². The molecule has 114 valence electrons. The Labute approximate surface area is 128 Å². The van der Waals surface area contributed by atoms with E-state index in [2.05, 4.69) is 11.9 Å². The summed E-state index contributed by atoms with van der Waals surface area (Å²) in [5.41, 5.74) is 1.07. The minimum absolute atomic E-state index is 0. The Kier molecular flexibility index (Phi) is 6.01. The smallest absolute Gasteiger partial charge is 0.243 e. The Hall–Kier alpha value is -0.620. The molecule has 6 heteroatoms. The van der Waals surface area contributed by atoms with Gasteiger partial charge in [0.2, 0.25) is 10.0 Å². The van der Waals surface area contributed by atoms with Crippen LogP contribution in [0.4, 0.5) is 0 Å². The first-order valence-electron chi connectivity index (χ1n) is 6.64. The number of hydrogen-bond acceptors (Lipinski definition) is 3. The molecule has 0 bridgehead atoms. The van der Waals surface area contributed by atoms with Gasteiger partial charge in [-0.1, -0.05) is 17.7 Å². The van der Waals surface area contributed by atoms with Crippen LogP contribution in [-0.2, 0) is 10.0 Å². The van der Waals surface area contributed by atoms with E-state index in [-0.39, 0.29) is 18.4 Å². The van der Waals surface area contributed by atoms with Crippen molar-refractivity contribution in [3.05, 3.63) is 29.8 Å². The van der Waals surface area contributed by atoms with E-state index in [1.165, 1.54) is 0 Å². The van der Waals surface area contributed by atoms with Gasteiger partial charge in [0, 0.05) is 13.1 Å². The predicted molar refractivity (Wildman–Crippen MR) is 83.9 cm³/mol. The quantitative estimate of drug-likeness (QED) is 0.857. The van der Waals surface area contributed by atoms with Gasteiger partial charge >= 0.3 is 0 Å². The van der Waals surface area contributed by atoms with Crippen molar-refractivity contribution in [2.75, 3.05) is 27.2 Å². The Balaban J connectivity index is 0.00000200. The molecule has 0 radical (unpaired) electrons. The third kappa shape index (κ3) is 3.73. The molecule has 0 atom stereocenters. The number of hydrogen-bond donors (Lipinski definition) is 0. The molecule has 1 aromatic carbocycles. The van der Waals surface area contributed by atoms with Gasteiger partial charge in [-0.2, -0.15) is 4.31 Å². The Morgan fingerprint density at radius 2 is 1.65 bits per heavy atom. The van der Waals surface area contributed by atoms with Crippen molar-refractivity contribution in [3.8, 4) is 0 Å². The lowest BCUT2D eigenvalue weighted by molar-refractivity contribution is 0.197. The van der Waals surface area contributed by atoms with Crippen molar-refractivity contribution in [1.82, 2.24) is 9.21 Å². The summed E-state index contributed by atoms with van der Waals surface area (Å²) in [6, 6.07) is 7.18. The average Bonchev–Trinajstić information content (AvgIpc) is 2.39. The number of aryl methyl sites for hydroxylation is 1. The van der Waals surface area contributed by atoms with Crippen LogP contribution in [0.15, 0.2) is 29.2 Å². The molecule has 0 aromatic heterocycles. The van der Waals surface area contributed by atoms with Crippen LogP contribution >= 0.6 is 12.4 Å². The second-order valence-electron chi connectivity index (χ2n) is 5.37. The van der Waals surface area contributed by atoms with Crippen LogP contribution in [0.25, 0.3) is 0 Å². The summed E-state index contributed by atoms with van der Waals surface area (Å²) in [6.45, 7) is 3.87. The van der Waals surface area contributed by atoms with Gasteiger partial charge in [0.05, 0.1) is 4.90 Å². The molecule has 0 unspecified atom stereocenters. The summed E-state index contributed by atoms with van der Waals surface area (Å²) >= 11 is 0. The molecule has 20 heavy (non-hydrogen) atoms. The van der Waals surface area contributed by atoms with Crippen molar-refractivity contribution in [1.29, 1.82) is 0 Å². The molecule has 1 heterocycles. The topological polar surface area (TPSA) is 40.6 Å². The van der Waals surface area contributed by atoms with Crippen molar-refractivity contribution >= 4 is 22.4 Å². The molecule has 0 N–H and O–H groups in total. The fourth-order valence-electron chi connectivity index (χ4n) is 2.43. The zero-order chi connectivity index (χ0) is 14.0. The van der Waals surface area contributed by atoms with E-state index in [9.17, 15) is 8.42 Å². The van der Waals surface area contributed by atoms with Crippen molar-refractivity contribution in [2.24, 2.45) is 0 Å². The molecule has 0 amide bonds. The molecule has 1 aromatic rings. The zero-order valence-electron chi connectivity index (χ0n) is 12.2. The number of benzene rings is 1. The van der Waals surface area contributed by atoms with E-state index in [4.69, 9.17) is 0 Å². The minimum atomic E-state index is -3.36. The molecule has 0 aliphatic carbocycles. The number of rotatable bonds is 3. The molecule has 2 rings (SSSR count). The highest BCUT2D eigenvalue weighted by atomic mass is 35.5. The summed E-state index contributed by atoms with van der Waals surface area (Å²) in [5, 5.41) is 0. The van der Waals surface area contributed by atoms with Crippen LogP contribution in [0.1, 0.15) is 18.4 Å². The predicted octanol–water partition coefficient (Wildman–Crippen LogP) is 2.13. The largest absolute Gasteiger partial charge is 0.306 e. The third-order valence-electron chi connectivity index (χ3n) is 3.90. The fourth-order valence-corrected chi connectivity index (χ4v) is 3.85. The highest BCUT2D eigenvalue weighted by molar-refractivity contribution is 7.89. The Morgan fingerprint density at radius 1 is 1.15 bits per heavy atom. The van der Waals surface area contributed by atoms with Crippen LogP contribution < -0.4 is 0 Å². The van der Waals surface area contributed by atoms with Gasteiger partial charge in [-0.25, -0.2) is 8.42 Å². The number of likely N-dealkylation sites (tertiary alicyclic amines) is 1. The normalized spacial score (nSPS) is 18.0. The molecular weight excluding hydrogens is 296 g/mol. The molecule has 4 nitrogen and oxygen atoms in total. The fraction of sp³-hybridized carbons (Fsp3) is 0.571. The zero-order valence-corrected chi connectivity index (χ0v) is 13.9. The lowest BCUT2D eigenvalue weighted by Gasteiger charge is -2.34. The van der Waals surface area contributed by atoms with Gasteiger partial charge in [-0.3, -0.25) is 0 Å². The number of nitrogens with zero attached hydrogens (tertiary/aromatic N) is 2. The number of sulfonamides is 1. The van der Waals surface area contributed by atoms with Crippen LogP contribution in [0.2, 0.25) is 0 Å². The Morgan fingerprint density at radius 3 is 2.15 bits per heavy atom. The first-order chi connectivity index (χ1) is 8.91. The second kappa shape index (κ2) is 6.89. The van der Waals surface area contributed by atoms with Crippen LogP contribution in [0.5, 0.6) is 0 Å². The van der Waals surface area contributed by atoms with Crippen molar-refractivity contribution < 1.29 is 8.42 Å². The highest BCUT2D eigenvalue weighted by Crippen LogP contribution is 2.22. The third-order valence-corrected chi connectivity index (χ3v) is 5.82. The van der Waals surface area contributed by atoms with Gasteiger partial charge in [0.15, 0.2) is 0 Å². The van der Waals surface area contributed by atoms with Gasteiger partial charge in [-0.15, -0.1) is 12.4 Å². The maximum absolute atomic E-state index is 12.5. The maximum Gasteiger partial charge on any atom is 0.243 e. The molecule has 1 aliphatic rings. The summed E-state index contributed by atoms with van der Waals surface area (Å²) in [5.74, 6) is 0. The van der Waals surface area contributed by atoms with E-state index in [1.807, 2.05) is 19.1 Å². The summed E-state index contributed by atoms with van der Waals surface area (Å²) in [4.78, 5) is 2.63. The minimum Gasteiger partial charge on any atom is -0.306 e. The van der Waals surface area contributed by atoms with Gasteiger partial charge in [-0.05, 0) is 52.0 Å². The number of halogens is 1. The molecular formula is C14H23ClN2O2S. The van der Waals surface area contributed by atoms with Crippen LogP contribution in [-0.4, -0.2) is 50.8 Å². The molecule has 0 spiro atoms. The molecule has 1 fully saturated rings. The van der Waals surface area contributed by atoms with E-state index >= 15 is 0 Å². The summed E-state index contributed by atoms with van der Waals surface area (Å²) in [6.07, 6.45) is 1.80. The Bertz CT molecular complexity index is 523. The van der Waals surface area contributed by atoms with E-state index in [1.54, 1.807) is 23.5 Å². The number of piperidine rings is 1. The van der Waals surface area contributed by atoms with Gasteiger partial charge in [0.25, 0.3) is 0 Å². The first-order valence-corrected chi connectivity index (χ1v) is 8.08. The molecule has 0 saturated carbocycles. The van der Waals surface area contributed by atoms with Crippen LogP contribution in [0.3, 0.4) is 0 Å². The highest BCUT2D eigenvalue weighted by Gasteiger charge is 2.29. The van der Waals surface area contributed by atoms with Crippen LogP contribution in [0, 0.1) is 6.92 Å². The van der Waals surface area contributed by atoms with Crippen molar-refractivity contribution in [2.45, 2.75) is 30.7 Å². The van der Waals surface area contributed by atoms with E-state index < -0.39 is 10.0 Å². The SMILES string of the molecule is Cc1ccc(S(=O)(=O)N(C)C2CCN(C)CC2)cc1.Cl. The average molecular weight is 319 g/mol. The van der Waals surface area contributed by atoms with E-state index in [0.717, 1.165) is 31.5 Å². The molecule has 1 saturated heterocycles. The second-order valence-corrected chi connectivity index (χ2v) is 7.37. The lowest BCUT2D eigenvalue weighted by Crippen LogP contribution is -2.44.